The molecule has 6 heteroatoms. The molecule has 0 unspecified atom stereocenters. The van der Waals surface area contributed by atoms with Gasteiger partial charge < -0.3 is 4.74 Å². The van der Waals surface area contributed by atoms with E-state index >= 15 is 0 Å². The van der Waals surface area contributed by atoms with Gasteiger partial charge in [-0.15, -0.1) is 0 Å². The van der Waals surface area contributed by atoms with E-state index in [0.29, 0.717) is 11.4 Å². The summed E-state index contributed by atoms with van der Waals surface area (Å²) in [5.74, 6) is 0.335. The third-order valence-electron chi connectivity index (χ3n) is 3.61. The van der Waals surface area contributed by atoms with Crippen LogP contribution in [0, 0.1) is 6.92 Å². The first kappa shape index (κ1) is 17.6. The smallest absolute Gasteiger partial charge is 0.265 e. The number of benzene rings is 2. The van der Waals surface area contributed by atoms with Gasteiger partial charge >= 0.3 is 0 Å². The van der Waals surface area contributed by atoms with Gasteiger partial charge in [-0.25, -0.2) is 8.42 Å². The van der Waals surface area contributed by atoms with E-state index in [2.05, 4.69) is 24.4 Å². The minimum absolute atomic E-state index is 0.147. The van der Waals surface area contributed by atoms with Crippen molar-refractivity contribution in [1.29, 1.82) is 0 Å². The number of anilines is 1. The summed E-state index contributed by atoms with van der Waals surface area (Å²) < 4.78 is 33.1. The molecule has 0 bridgehead atoms. The van der Waals surface area contributed by atoms with E-state index < -0.39 is 18.1 Å². The predicted molar refractivity (Wildman–Crippen MR) is 98.0 cm³/mol. The summed E-state index contributed by atoms with van der Waals surface area (Å²) in [6, 6.07) is 12.7. The number of nitrogens with one attached hydrogen (secondary N) is 1. The Hall–Kier alpha value is -1.79. The Bertz CT molecular complexity index is 794. The lowest BCUT2D eigenvalue weighted by Gasteiger charge is -2.17. The Morgan fingerprint density at radius 1 is 1.00 bits per heavy atom. The van der Waals surface area contributed by atoms with E-state index in [-0.39, 0.29) is 4.90 Å². The van der Waals surface area contributed by atoms with Gasteiger partial charge in [-0.05, 0) is 36.8 Å². The summed E-state index contributed by atoms with van der Waals surface area (Å²) in [5, 5.41) is 1.29. The number of rotatable bonds is 5. The van der Waals surface area contributed by atoms with Crippen LogP contribution >= 0.6 is 0 Å². The molecule has 4 nitrogen and oxygen atoms in total. The molecule has 0 saturated heterocycles. The van der Waals surface area contributed by atoms with E-state index in [4.69, 9.17) is 4.74 Å². The molecule has 2 aromatic carbocycles. The van der Waals surface area contributed by atoms with Gasteiger partial charge in [0.15, 0.2) is 0 Å². The van der Waals surface area contributed by atoms with Gasteiger partial charge in [0.1, 0.15) is 10.6 Å². The Labute approximate surface area is 139 Å². The van der Waals surface area contributed by atoms with E-state index in [0.717, 1.165) is 5.56 Å². The molecule has 0 amide bonds. The molecule has 0 saturated carbocycles. The fourth-order valence-corrected chi connectivity index (χ4v) is 4.72. The second-order valence-electron chi connectivity index (χ2n) is 6.59. The number of ether oxygens (including phenoxy) is 1. The van der Waals surface area contributed by atoms with Crippen LogP contribution in [0.5, 0.6) is 5.75 Å². The SMILES string of the molecule is COc1ccc(C)cc1S(=O)(=O)Nc1ccc([Si](C)(C)C)cc1. The zero-order chi connectivity index (χ0) is 17.3. The highest BCUT2D eigenvalue weighted by molar-refractivity contribution is 7.92. The quantitative estimate of drug-likeness (QED) is 0.842. The standard InChI is InChI=1S/C17H23NO3SSi/c1-13-6-11-16(21-2)17(12-13)22(19,20)18-14-7-9-15(10-8-14)23(3,4)5/h6-12,18H,1-5H3. The average molecular weight is 350 g/mol. The van der Waals surface area contributed by atoms with Crippen LogP contribution in [0.1, 0.15) is 5.56 Å². The molecule has 2 aromatic rings. The summed E-state index contributed by atoms with van der Waals surface area (Å²) in [6.45, 7) is 8.61. The fourth-order valence-electron chi connectivity index (χ4n) is 2.24. The van der Waals surface area contributed by atoms with Gasteiger partial charge in [0.05, 0.1) is 15.2 Å². The predicted octanol–water partition coefficient (Wildman–Crippen LogP) is 3.35. The molecular formula is C17H23NO3SSi. The monoisotopic (exact) mass is 349 g/mol. The van der Waals surface area contributed by atoms with E-state index in [1.807, 2.05) is 37.3 Å². The first-order valence-corrected chi connectivity index (χ1v) is 12.4. The molecule has 0 heterocycles. The Morgan fingerprint density at radius 2 is 1.61 bits per heavy atom. The number of sulfonamides is 1. The van der Waals surface area contributed by atoms with E-state index in [9.17, 15) is 8.42 Å². The number of hydrogen-bond donors (Lipinski definition) is 1. The van der Waals surface area contributed by atoms with Gasteiger partial charge in [0, 0.05) is 5.69 Å². The van der Waals surface area contributed by atoms with E-state index in [1.165, 1.54) is 12.3 Å². The lowest BCUT2D eigenvalue weighted by molar-refractivity contribution is 0.402. The third kappa shape index (κ3) is 4.14. The molecule has 0 spiro atoms. The summed E-state index contributed by atoms with van der Waals surface area (Å²) >= 11 is 0. The second kappa shape index (κ2) is 6.37. The van der Waals surface area contributed by atoms with E-state index in [1.54, 1.807) is 12.1 Å². The molecular weight excluding hydrogens is 326 g/mol. The molecule has 2 rings (SSSR count). The lowest BCUT2D eigenvalue weighted by atomic mass is 10.2. The molecule has 0 aliphatic heterocycles. The van der Waals surface area contributed by atoms with Crippen LogP contribution < -0.4 is 14.6 Å². The maximum Gasteiger partial charge on any atom is 0.265 e. The van der Waals surface area contributed by atoms with Crippen LogP contribution in [0.3, 0.4) is 0 Å². The molecule has 0 fully saturated rings. The molecule has 0 aliphatic rings. The molecule has 124 valence electrons. The molecule has 0 aromatic heterocycles. The van der Waals surface area contributed by atoms with Crippen molar-refractivity contribution in [3.05, 3.63) is 48.0 Å². The molecule has 0 atom stereocenters. The van der Waals surface area contributed by atoms with Crippen molar-refractivity contribution in [1.82, 2.24) is 0 Å². The summed E-state index contributed by atoms with van der Waals surface area (Å²) in [5.41, 5.74) is 1.41. The van der Waals surface area contributed by atoms with Crippen molar-refractivity contribution in [3.8, 4) is 5.75 Å². The van der Waals surface area contributed by atoms with Gasteiger partial charge in [0.2, 0.25) is 0 Å². The maximum atomic E-state index is 12.6. The zero-order valence-corrected chi connectivity index (χ0v) is 16.0. The minimum Gasteiger partial charge on any atom is -0.495 e. The van der Waals surface area contributed by atoms with Gasteiger partial charge in [-0.2, -0.15) is 0 Å². The lowest BCUT2D eigenvalue weighted by Crippen LogP contribution is -2.37. The highest BCUT2D eigenvalue weighted by Crippen LogP contribution is 2.26. The van der Waals surface area contributed by atoms with Crippen LogP contribution in [0.2, 0.25) is 19.6 Å². The highest BCUT2D eigenvalue weighted by Gasteiger charge is 2.21. The highest BCUT2D eigenvalue weighted by atomic mass is 32.2. The van der Waals surface area contributed by atoms with Gasteiger partial charge in [-0.3, -0.25) is 4.72 Å². The first-order valence-electron chi connectivity index (χ1n) is 7.41. The second-order valence-corrected chi connectivity index (χ2v) is 13.3. The maximum absolute atomic E-state index is 12.6. The normalized spacial score (nSPS) is 12.0. The topological polar surface area (TPSA) is 55.4 Å². The fraction of sp³-hybridized carbons (Fsp3) is 0.294. The zero-order valence-electron chi connectivity index (χ0n) is 14.2. The van der Waals surface area contributed by atoms with Gasteiger partial charge in [0.25, 0.3) is 10.0 Å². The average Bonchev–Trinajstić information content (AvgIpc) is 2.46. The minimum atomic E-state index is -3.69. The number of methoxy groups -OCH3 is 1. The van der Waals surface area contributed by atoms with Crippen molar-refractivity contribution in [3.63, 3.8) is 0 Å². The third-order valence-corrected chi connectivity index (χ3v) is 7.08. The van der Waals surface area contributed by atoms with Gasteiger partial charge in [-0.1, -0.05) is 43.0 Å². The van der Waals surface area contributed by atoms with Crippen LogP contribution in [0.25, 0.3) is 0 Å². The van der Waals surface area contributed by atoms with Crippen LogP contribution in [-0.4, -0.2) is 23.6 Å². The molecule has 23 heavy (non-hydrogen) atoms. The largest absolute Gasteiger partial charge is 0.495 e. The van der Waals surface area contributed by atoms with Crippen molar-refractivity contribution in [2.24, 2.45) is 0 Å². The summed E-state index contributed by atoms with van der Waals surface area (Å²) in [6.07, 6.45) is 0. The Kier molecular flexibility index (Phi) is 4.86. The molecule has 0 radical (unpaired) electrons. The molecule has 1 N–H and O–H groups in total. The van der Waals surface area contributed by atoms with Crippen LogP contribution in [0.15, 0.2) is 47.4 Å². The van der Waals surface area contributed by atoms with Crippen LogP contribution in [-0.2, 0) is 10.0 Å². The summed E-state index contributed by atoms with van der Waals surface area (Å²) in [4.78, 5) is 0.147. The van der Waals surface area contributed by atoms with Crippen LogP contribution in [0.4, 0.5) is 5.69 Å². The number of hydrogen-bond acceptors (Lipinski definition) is 3. The summed E-state index contributed by atoms with van der Waals surface area (Å²) in [7, 11) is -3.62. The Balaban J connectivity index is 2.34. The Morgan fingerprint density at radius 3 is 2.13 bits per heavy atom. The first-order chi connectivity index (χ1) is 10.6. The number of aryl methyl sites for hydroxylation is 1. The molecule has 0 aliphatic carbocycles. The van der Waals surface area contributed by atoms with Crippen molar-refractivity contribution < 1.29 is 13.2 Å². The van der Waals surface area contributed by atoms with Crippen molar-refractivity contribution in [2.75, 3.05) is 11.8 Å². The van der Waals surface area contributed by atoms with Crippen molar-refractivity contribution in [2.45, 2.75) is 31.5 Å². The van der Waals surface area contributed by atoms with Crippen molar-refractivity contribution >= 4 is 29.0 Å².